The molecular weight excluding hydrogens is 340 g/mol. The summed E-state index contributed by atoms with van der Waals surface area (Å²) in [7, 11) is 1.75. The van der Waals surface area contributed by atoms with Gasteiger partial charge < -0.3 is 13.8 Å². The fraction of sp³-hybridized carbons (Fsp3) is 0.263. The van der Waals surface area contributed by atoms with Crippen LogP contribution >= 0.6 is 11.6 Å². The third-order valence-electron chi connectivity index (χ3n) is 4.12. The average molecular weight is 359 g/mol. The van der Waals surface area contributed by atoms with E-state index in [1.54, 1.807) is 11.9 Å². The van der Waals surface area contributed by atoms with Gasteiger partial charge in [-0.15, -0.1) is 0 Å². The highest BCUT2D eigenvalue weighted by molar-refractivity contribution is 6.30. The molecule has 130 valence electrons. The van der Waals surface area contributed by atoms with Crippen LogP contribution in [0.25, 0.3) is 11.3 Å². The van der Waals surface area contributed by atoms with Crippen molar-refractivity contribution in [2.24, 2.45) is 0 Å². The quantitative estimate of drug-likeness (QED) is 0.678. The summed E-state index contributed by atoms with van der Waals surface area (Å²) in [6.45, 7) is 4.05. The monoisotopic (exact) mass is 358 g/mol. The lowest BCUT2D eigenvalue weighted by atomic mass is 10.1. The van der Waals surface area contributed by atoms with Gasteiger partial charge in [-0.05, 0) is 50.2 Å². The Balaban J connectivity index is 1.66. The number of aryl methyl sites for hydroxylation is 2. The number of nitrogens with zero attached hydrogens (tertiary/aromatic N) is 2. The summed E-state index contributed by atoms with van der Waals surface area (Å²) in [6, 6.07) is 11.2. The second kappa shape index (κ2) is 7.15. The van der Waals surface area contributed by atoms with Gasteiger partial charge in [-0.1, -0.05) is 16.8 Å². The van der Waals surface area contributed by atoms with Gasteiger partial charge in [-0.2, -0.15) is 0 Å². The van der Waals surface area contributed by atoms with Crippen molar-refractivity contribution in [3.8, 4) is 11.3 Å². The van der Waals surface area contributed by atoms with Crippen molar-refractivity contribution in [1.29, 1.82) is 0 Å². The summed E-state index contributed by atoms with van der Waals surface area (Å²) in [6.07, 6.45) is 0.266. The van der Waals surface area contributed by atoms with Crippen LogP contribution in [0.2, 0.25) is 5.02 Å². The van der Waals surface area contributed by atoms with Crippen molar-refractivity contribution >= 4 is 17.5 Å². The molecule has 1 aromatic carbocycles. The molecule has 6 heteroatoms. The number of benzene rings is 1. The molecule has 5 nitrogen and oxygen atoms in total. The van der Waals surface area contributed by atoms with Crippen molar-refractivity contribution < 1.29 is 13.7 Å². The molecule has 3 rings (SSSR count). The summed E-state index contributed by atoms with van der Waals surface area (Å²) in [5.41, 5.74) is 2.54. The number of furan rings is 1. The first kappa shape index (κ1) is 17.3. The summed E-state index contributed by atoms with van der Waals surface area (Å²) in [5.74, 6) is 2.14. The molecule has 2 heterocycles. The maximum absolute atomic E-state index is 12.4. The van der Waals surface area contributed by atoms with Gasteiger partial charge in [0.2, 0.25) is 5.91 Å². The Morgan fingerprint density at radius 3 is 2.52 bits per heavy atom. The standard InChI is InChI=1S/C19H19ClN2O3/c1-12-17(13(2)25-21-12)10-19(23)22(3)11-16-8-9-18(24-16)14-4-6-15(20)7-5-14/h4-9H,10-11H2,1-3H3. The molecule has 0 saturated heterocycles. The molecule has 0 atom stereocenters. The van der Waals surface area contributed by atoms with E-state index in [0.29, 0.717) is 17.3 Å². The van der Waals surface area contributed by atoms with Gasteiger partial charge in [-0.25, -0.2) is 0 Å². The van der Waals surface area contributed by atoms with Gasteiger partial charge in [-0.3, -0.25) is 4.79 Å². The van der Waals surface area contributed by atoms with Crippen LogP contribution in [0.5, 0.6) is 0 Å². The van der Waals surface area contributed by atoms with E-state index in [1.165, 1.54) is 0 Å². The van der Waals surface area contributed by atoms with E-state index in [9.17, 15) is 4.79 Å². The number of likely N-dealkylation sites (N-methyl/N-ethyl adjacent to an activating group) is 1. The predicted molar refractivity (Wildman–Crippen MR) is 95.3 cm³/mol. The van der Waals surface area contributed by atoms with Crippen molar-refractivity contribution in [2.75, 3.05) is 7.05 Å². The molecule has 0 unspecified atom stereocenters. The molecule has 3 aromatic rings. The zero-order valence-electron chi connectivity index (χ0n) is 14.4. The Morgan fingerprint density at radius 1 is 1.16 bits per heavy atom. The zero-order chi connectivity index (χ0) is 18.0. The van der Waals surface area contributed by atoms with E-state index in [-0.39, 0.29) is 12.3 Å². The largest absolute Gasteiger partial charge is 0.459 e. The molecule has 1 amide bonds. The number of rotatable bonds is 5. The topological polar surface area (TPSA) is 59.5 Å². The number of amides is 1. The first-order valence-electron chi connectivity index (χ1n) is 7.94. The van der Waals surface area contributed by atoms with E-state index < -0.39 is 0 Å². The first-order valence-corrected chi connectivity index (χ1v) is 8.32. The minimum absolute atomic E-state index is 0.0150. The lowest BCUT2D eigenvalue weighted by molar-refractivity contribution is -0.129. The van der Waals surface area contributed by atoms with E-state index >= 15 is 0 Å². The van der Waals surface area contributed by atoms with Gasteiger partial charge in [0.05, 0.1) is 18.7 Å². The summed E-state index contributed by atoms with van der Waals surface area (Å²) < 4.78 is 11.0. The van der Waals surface area contributed by atoms with Gasteiger partial charge in [0.25, 0.3) is 0 Å². The zero-order valence-corrected chi connectivity index (χ0v) is 15.1. The molecule has 0 aliphatic heterocycles. The van der Waals surface area contributed by atoms with Crippen molar-refractivity contribution in [2.45, 2.75) is 26.8 Å². The molecule has 0 N–H and O–H groups in total. The van der Waals surface area contributed by atoms with Gasteiger partial charge >= 0.3 is 0 Å². The van der Waals surface area contributed by atoms with Crippen LogP contribution in [0.1, 0.15) is 22.8 Å². The fourth-order valence-electron chi connectivity index (χ4n) is 2.59. The highest BCUT2D eigenvalue weighted by Crippen LogP contribution is 2.24. The lowest BCUT2D eigenvalue weighted by Crippen LogP contribution is -2.27. The molecule has 0 bridgehead atoms. The van der Waals surface area contributed by atoms with Crippen LogP contribution in [-0.2, 0) is 17.8 Å². The van der Waals surface area contributed by atoms with Crippen molar-refractivity contribution in [1.82, 2.24) is 10.1 Å². The molecule has 2 aromatic heterocycles. The molecular formula is C19H19ClN2O3. The van der Waals surface area contributed by atoms with Gasteiger partial charge in [0.1, 0.15) is 17.3 Å². The normalized spacial score (nSPS) is 10.9. The van der Waals surface area contributed by atoms with Crippen LogP contribution in [0.3, 0.4) is 0 Å². The Kier molecular flexibility index (Phi) is 4.95. The molecule has 0 saturated carbocycles. The Labute approximate surface area is 151 Å². The molecule has 0 spiro atoms. The van der Waals surface area contributed by atoms with Crippen LogP contribution in [0, 0.1) is 13.8 Å². The van der Waals surface area contributed by atoms with Crippen LogP contribution in [-0.4, -0.2) is 23.0 Å². The number of carbonyl (C=O) groups excluding carboxylic acids is 1. The average Bonchev–Trinajstić information content (AvgIpc) is 3.17. The highest BCUT2D eigenvalue weighted by atomic mass is 35.5. The summed E-state index contributed by atoms with van der Waals surface area (Å²) in [5, 5.41) is 4.56. The predicted octanol–water partition coefficient (Wildman–Crippen LogP) is 4.41. The molecule has 0 fully saturated rings. The first-order chi connectivity index (χ1) is 11.9. The fourth-order valence-corrected chi connectivity index (χ4v) is 2.72. The molecule has 0 aliphatic rings. The third-order valence-corrected chi connectivity index (χ3v) is 4.37. The Hall–Kier alpha value is -2.53. The molecule has 0 aliphatic carbocycles. The minimum Gasteiger partial charge on any atom is -0.459 e. The van der Waals surface area contributed by atoms with Crippen LogP contribution in [0.4, 0.5) is 0 Å². The van der Waals surface area contributed by atoms with Crippen LogP contribution in [0.15, 0.2) is 45.3 Å². The van der Waals surface area contributed by atoms with Crippen molar-refractivity contribution in [3.05, 3.63) is 64.2 Å². The highest BCUT2D eigenvalue weighted by Gasteiger charge is 2.17. The summed E-state index contributed by atoms with van der Waals surface area (Å²) >= 11 is 5.90. The maximum Gasteiger partial charge on any atom is 0.227 e. The third kappa shape index (κ3) is 3.94. The van der Waals surface area contributed by atoms with Crippen molar-refractivity contribution in [3.63, 3.8) is 0 Å². The SMILES string of the molecule is Cc1noc(C)c1CC(=O)N(C)Cc1ccc(-c2ccc(Cl)cc2)o1. The number of halogens is 1. The van der Waals surface area contributed by atoms with E-state index in [1.807, 2.05) is 50.2 Å². The lowest BCUT2D eigenvalue weighted by Gasteiger charge is -2.15. The Bertz CT molecular complexity index is 861. The second-order valence-electron chi connectivity index (χ2n) is 6.00. The molecule has 0 radical (unpaired) electrons. The van der Waals surface area contributed by atoms with Gasteiger partial charge in [0.15, 0.2) is 0 Å². The number of hydrogen-bond donors (Lipinski definition) is 0. The number of aromatic nitrogens is 1. The minimum atomic E-state index is -0.0150. The smallest absolute Gasteiger partial charge is 0.227 e. The van der Waals surface area contributed by atoms with E-state index in [0.717, 1.165) is 28.3 Å². The second-order valence-corrected chi connectivity index (χ2v) is 6.44. The maximum atomic E-state index is 12.4. The van der Waals surface area contributed by atoms with E-state index in [2.05, 4.69) is 5.16 Å². The number of hydrogen-bond acceptors (Lipinski definition) is 4. The summed E-state index contributed by atoms with van der Waals surface area (Å²) in [4.78, 5) is 14.1. The number of carbonyl (C=O) groups is 1. The van der Waals surface area contributed by atoms with E-state index in [4.69, 9.17) is 20.5 Å². The van der Waals surface area contributed by atoms with Crippen LogP contribution < -0.4 is 0 Å². The molecule has 25 heavy (non-hydrogen) atoms. The Morgan fingerprint density at radius 2 is 1.88 bits per heavy atom. The van der Waals surface area contributed by atoms with Gasteiger partial charge in [0, 0.05) is 23.2 Å².